The molecule has 1 aliphatic rings. The van der Waals surface area contributed by atoms with Crippen LogP contribution in [0.15, 0.2) is 30.7 Å². The standard InChI is InChI=1S/C17H19N7O2/c1-23-11-19-22-16(23)12-2-3-13-9-18-17(20-14(13)8-12)21-15(25)10-24-4-6-26-7-5-24/h2-3,8-9,11H,4-7,10H2,1H3,(H,18,20,21,25). The van der Waals surface area contributed by atoms with E-state index in [1.165, 1.54) is 0 Å². The fourth-order valence-corrected chi connectivity index (χ4v) is 2.89. The zero-order valence-corrected chi connectivity index (χ0v) is 14.4. The van der Waals surface area contributed by atoms with Crippen molar-refractivity contribution >= 4 is 22.8 Å². The molecule has 9 nitrogen and oxygen atoms in total. The van der Waals surface area contributed by atoms with Crippen LogP contribution in [0.3, 0.4) is 0 Å². The van der Waals surface area contributed by atoms with Gasteiger partial charge in [0.25, 0.3) is 0 Å². The van der Waals surface area contributed by atoms with E-state index in [9.17, 15) is 4.79 Å². The summed E-state index contributed by atoms with van der Waals surface area (Å²) < 4.78 is 7.13. The van der Waals surface area contributed by atoms with E-state index in [1.54, 1.807) is 12.5 Å². The van der Waals surface area contributed by atoms with Gasteiger partial charge in [0, 0.05) is 37.3 Å². The van der Waals surface area contributed by atoms with E-state index in [-0.39, 0.29) is 5.91 Å². The number of nitrogens with zero attached hydrogens (tertiary/aromatic N) is 6. The average molecular weight is 353 g/mol. The number of anilines is 1. The first-order valence-corrected chi connectivity index (χ1v) is 8.40. The third-order valence-corrected chi connectivity index (χ3v) is 4.27. The van der Waals surface area contributed by atoms with Crippen LogP contribution in [0.1, 0.15) is 0 Å². The van der Waals surface area contributed by atoms with Gasteiger partial charge in [-0.05, 0) is 6.07 Å². The summed E-state index contributed by atoms with van der Waals surface area (Å²) in [5.74, 6) is 0.921. The first-order valence-electron chi connectivity index (χ1n) is 8.40. The average Bonchev–Trinajstić information content (AvgIpc) is 3.08. The summed E-state index contributed by atoms with van der Waals surface area (Å²) in [6.07, 6.45) is 3.35. The normalized spacial score (nSPS) is 15.3. The van der Waals surface area contributed by atoms with Gasteiger partial charge in [-0.3, -0.25) is 15.0 Å². The van der Waals surface area contributed by atoms with Gasteiger partial charge in [0.05, 0.1) is 25.3 Å². The van der Waals surface area contributed by atoms with Crippen LogP contribution in [0.2, 0.25) is 0 Å². The van der Waals surface area contributed by atoms with Crippen molar-refractivity contribution in [3.05, 3.63) is 30.7 Å². The molecule has 0 bridgehead atoms. The predicted octanol–water partition coefficient (Wildman–Crippen LogP) is 0.696. The summed E-state index contributed by atoms with van der Waals surface area (Å²) in [6.45, 7) is 3.14. The van der Waals surface area contributed by atoms with Crippen LogP contribution in [0, 0.1) is 0 Å². The Kier molecular flexibility index (Phi) is 4.55. The molecular formula is C17H19N7O2. The zero-order chi connectivity index (χ0) is 17.9. The van der Waals surface area contributed by atoms with Gasteiger partial charge < -0.3 is 9.30 Å². The Balaban J connectivity index is 1.52. The molecule has 0 atom stereocenters. The third kappa shape index (κ3) is 3.53. The summed E-state index contributed by atoms with van der Waals surface area (Å²) in [5, 5.41) is 11.7. The van der Waals surface area contributed by atoms with Gasteiger partial charge in [-0.15, -0.1) is 10.2 Å². The molecule has 1 aliphatic heterocycles. The predicted molar refractivity (Wildman–Crippen MR) is 95.4 cm³/mol. The molecule has 1 aromatic carbocycles. The Hall–Kier alpha value is -2.91. The summed E-state index contributed by atoms with van der Waals surface area (Å²) >= 11 is 0. The van der Waals surface area contributed by atoms with Crippen molar-refractivity contribution in [2.45, 2.75) is 0 Å². The number of morpholine rings is 1. The fraction of sp³-hybridized carbons (Fsp3) is 0.353. The minimum atomic E-state index is -0.129. The van der Waals surface area contributed by atoms with Gasteiger partial charge in [0.15, 0.2) is 5.82 Å². The number of aromatic nitrogens is 5. The van der Waals surface area contributed by atoms with Crippen LogP contribution in [-0.2, 0) is 16.6 Å². The van der Waals surface area contributed by atoms with E-state index < -0.39 is 0 Å². The molecule has 1 fully saturated rings. The van der Waals surface area contributed by atoms with Crippen molar-refractivity contribution in [2.24, 2.45) is 7.05 Å². The number of amides is 1. The van der Waals surface area contributed by atoms with Crippen LogP contribution in [0.25, 0.3) is 22.3 Å². The van der Waals surface area contributed by atoms with Gasteiger partial charge >= 0.3 is 0 Å². The van der Waals surface area contributed by atoms with Gasteiger partial charge in [0.1, 0.15) is 6.33 Å². The lowest BCUT2D eigenvalue weighted by Gasteiger charge is -2.25. The number of hydrogen-bond donors (Lipinski definition) is 1. The van der Waals surface area contributed by atoms with Crippen LogP contribution < -0.4 is 5.32 Å². The molecule has 9 heteroatoms. The minimum absolute atomic E-state index is 0.129. The molecule has 3 aromatic rings. The van der Waals surface area contributed by atoms with Gasteiger partial charge in [-0.1, -0.05) is 12.1 Å². The van der Waals surface area contributed by atoms with Crippen molar-refractivity contribution in [3.63, 3.8) is 0 Å². The van der Waals surface area contributed by atoms with E-state index in [4.69, 9.17) is 4.74 Å². The third-order valence-electron chi connectivity index (χ3n) is 4.27. The van der Waals surface area contributed by atoms with Crippen molar-refractivity contribution in [1.82, 2.24) is 29.6 Å². The molecule has 2 aromatic heterocycles. The second kappa shape index (κ2) is 7.14. The van der Waals surface area contributed by atoms with Crippen LogP contribution in [-0.4, -0.2) is 68.4 Å². The topological polar surface area (TPSA) is 98.1 Å². The summed E-state index contributed by atoms with van der Waals surface area (Å²) in [7, 11) is 1.89. The fourth-order valence-electron chi connectivity index (χ4n) is 2.89. The molecular weight excluding hydrogens is 334 g/mol. The number of aryl methyl sites for hydroxylation is 1. The first-order chi connectivity index (χ1) is 12.7. The maximum Gasteiger partial charge on any atom is 0.240 e. The van der Waals surface area contributed by atoms with Crippen molar-refractivity contribution in [2.75, 3.05) is 38.2 Å². The second-order valence-electron chi connectivity index (χ2n) is 6.17. The smallest absolute Gasteiger partial charge is 0.240 e. The summed E-state index contributed by atoms with van der Waals surface area (Å²) in [5.41, 5.74) is 1.64. The number of benzene rings is 1. The zero-order valence-electron chi connectivity index (χ0n) is 14.4. The summed E-state index contributed by atoms with van der Waals surface area (Å²) in [6, 6.07) is 5.80. The van der Waals surface area contributed by atoms with Crippen molar-refractivity contribution in [3.8, 4) is 11.4 Å². The highest BCUT2D eigenvalue weighted by atomic mass is 16.5. The monoisotopic (exact) mass is 353 g/mol. The lowest BCUT2D eigenvalue weighted by Crippen LogP contribution is -2.41. The van der Waals surface area contributed by atoms with E-state index in [0.717, 1.165) is 35.4 Å². The second-order valence-corrected chi connectivity index (χ2v) is 6.17. The molecule has 134 valence electrons. The Bertz CT molecular complexity index is 934. The number of carbonyl (C=O) groups excluding carboxylic acids is 1. The van der Waals surface area contributed by atoms with Crippen molar-refractivity contribution in [1.29, 1.82) is 0 Å². The highest BCUT2D eigenvalue weighted by Crippen LogP contribution is 2.21. The van der Waals surface area contributed by atoms with Crippen LogP contribution >= 0.6 is 0 Å². The number of nitrogens with one attached hydrogen (secondary N) is 1. The number of hydrogen-bond acceptors (Lipinski definition) is 7. The molecule has 0 spiro atoms. The number of carbonyl (C=O) groups is 1. The number of rotatable bonds is 4. The van der Waals surface area contributed by atoms with E-state index in [0.29, 0.717) is 25.7 Å². The van der Waals surface area contributed by atoms with Crippen molar-refractivity contribution < 1.29 is 9.53 Å². The SMILES string of the molecule is Cn1cnnc1-c1ccc2cnc(NC(=O)CN3CCOCC3)nc2c1. The minimum Gasteiger partial charge on any atom is -0.379 e. The molecule has 1 saturated heterocycles. The maximum atomic E-state index is 12.2. The Morgan fingerprint density at radius 1 is 1.31 bits per heavy atom. The Morgan fingerprint density at radius 2 is 2.15 bits per heavy atom. The molecule has 0 radical (unpaired) electrons. The number of fused-ring (bicyclic) bond motifs is 1. The quantitative estimate of drug-likeness (QED) is 0.737. The largest absolute Gasteiger partial charge is 0.379 e. The highest BCUT2D eigenvalue weighted by Gasteiger charge is 2.15. The molecule has 4 rings (SSSR count). The Morgan fingerprint density at radius 3 is 2.92 bits per heavy atom. The van der Waals surface area contributed by atoms with Gasteiger partial charge in [-0.2, -0.15) is 0 Å². The van der Waals surface area contributed by atoms with Crippen LogP contribution in [0.4, 0.5) is 5.95 Å². The van der Waals surface area contributed by atoms with E-state index in [2.05, 4.69) is 25.5 Å². The highest BCUT2D eigenvalue weighted by molar-refractivity contribution is 5.92. The van der Waals surface area contributed by atoms with Crippen LogP contribution in [0.5, 0.6) is 0 Å². The lowest BCUT2D eigenvalue weighted by atomic mass is 10.1. The maximum absolute atomic E-state index is 12.2. The molecule has 3 heterocycles. The van der Waals surface area contributed by atoms with Gasteiger partial charge in [-0.25, -0.2) is 9.97 Å². The van der Waals surface area contributed by atoms with Gasteiger partial charge in [0.2, 0.25) is 11.9 Å². The first kappa shape index (κ1) is 16.6. The Labute approximate surface area is 150 Å². The van der Waals surface area contributed by atoms with E-state index >= 15 is 0 Å². The molecule has 0 saturated carbocycles. The molecule has 1 amide bonds. The number of ether oxygens (including phenoxy) is 1. The van der Waals surface area contributed by atoms with E-state index in [1.807, 2.05) is 34.7 Å². The molecule has 26 heavy (non-hydrogen) atoms. The molecule has 1 N–H and O–H groups in total. The molecule has 0 unspecified atom stereocenters. The lowest BCUT2D eigenvalue weighted by molar-refractivity contribution is -0.118. The summed E-state index contributed by atoms with van der Waals surface area (Å²) in [4.78, 5) is 23.0. The molecule has 0 aliphatic carbocycles.